The highest BCUT2D eigenvalue weighted by Crippen LogP contribution is 2.45. The molecule has 1 aliphatic rings. The Hall–Kier alpha value is -2.73. The molecule has 0 bridgehead atoms. The van der Waals surface area contributed by atoms with Gasteiger partial charge >= 0.3 is 0 Å². The largest absolute Gasteiger partial charge is 0.492 e. The Bertz CT molecular complexity index is 1290. The molecule has 0 spiro atoms. The molecule has 6 heteroatoms. The second-order valence-electron chi connectivity index (χ2n) is 11.1. The van der Waals surface area contributed by atoms with Gasteiger partial charge in [-0.1, -0.05) is 65.2 Å². The van der Waals surface area contributed by atoms with Crippen molar-refractivity contribution in [2.45, 2.75) is 97.4 Å². The minimum Gasteiger partial charge on any atom is -0.492 e. The summed E-state index contributed by atoms with van der Waals surface area (Å²) in [6.45, 7) is 6.49. The Balaban J connectivity index is 1.73. The smallest absolute Gasteiger partial charge is 0.184 e. The fourth-order valence-corrected chi connectivity index (χ4v) is 6.48. The van der Waals surface area contributed by atoms with Crippen molar-refractivity contribution in [2.24, 2.45) is 0 Å². The molecule has 3 aromatic rings. The second-order valence-corrected chi connectivity index (χ2v) is 11.9. The molecule has 0 saturated carbocycles. The van der Waals surface area contributed by atoms with Gasteiger partial charge in [-0.2, -0.15) is 11.3 Å². The summed E-state index contributed by atoms with van der Waals surface area (Å²) in [6, 6.07) is 8.68. The lowest BCUT2D eigenvalue weighted by Gasteiger charge is -2.25. The Morgan fingerprint density at radius 2 is 1.59 bits per heavy atom. The van der Waals surface area contributed by atoms with Crippen LogP contribution in [0, 0.1) is 11.6 Å². The molecule has 3 nitrogen and oxygen atoms in total. The summed E-state index contributed by atoms with van der Waals surface area (Å²) >= 11 is 1.67. The number of methoxy groups -OCH3 is 1. The number of thiophene rings is 1. The molecule has 1 aliphatic heterocycles. The number of rotatable bonds is 17. The zero-order valence-electron chi connectivity index (χ0n) is 25.1. The summed E-state index contributed by atoms with van der Waals surface area (Å²) in [5.74, 6) is 0.0891. The van der Waals surface area contributed by atoms with Gasteiger partial charge in [-0.3, -0.25) is 0 Å². The second kappa shape index (κ2) is 16.1. The number of nitrogens with zero attached hydrogens (tertiary/aromatic N) is 1. The van der Waals surface area contributed by atoms with Crippen LogP contribution in [0.3, 0.4) is 0 Å². The van der Waals surface area contributed by atoms with E-state index in [0.29, 0.717) is 13.2 Å². The maximum absolute atomic E-state index is 14.1. The summed E-state index contributed by atoms with van der Waals surface area (Å²) < 4.78 is 42.8. The van der Waals surface area contributed by atoms with Crippen LogP contribution in [0.5, 0.6) is 11.5 Å². The lowest BCUT2D eigenvalue weighted by Crippen LogP contribution is -2.30. The van der Waals surface area contributed by atoms with Crippen molar-refractivity contribution in [2.75, 3.05) is 20.3 Å². The molecule has 2 aromatic carbocycles. The third-order valence-corrected chi connectivity index (χ3v) is 8.75. The van der Waals surface area contributed by atoms with Gasteiger partial charge in [-0.05, 0) is 59.5 Å². The Kier molecular flexibility index (Phi) is 12.2. The van der Waals surface area contributed by atoms with E-state index in [2.05, 4.69) is 41.3 Å². The monoisotopic (exact) mass is 582 g/mol. The molecule has 1 aromatic heterocycles. The molecule has 0 radical (unpaired) electrons. The maximum atomic E-state index is 14.1. The first-order valence-electron chi connectivity index (χ1n) is 15.5. The van der Waals surface area contributed by atoms with E-state index in [1.165, 1.54) is 80.3 Å². The third-order valence-electron chi connectivity index (χ3n) is 8.07. The molecule has 0 amide bonds. The average Bonchev–Trinajstić information content (AvgIpc) is 3.52. The normalized spacial score (nSPS) is 13.0. The molecule has 0 fully saturated rings. The highest BCUT2D eigenvalue weighted by molar-refractivity contribution is 7.08. The molecule has 0 saturated heterocycles. The van der Waals surface area contributed by atoms with Crippen LogP contribution in [0.1, 0.15) is 101 Å². The maximum Gasteiger partial charge on any atom is 0.184 e. The minimum absolute atomic E-state index is 0.549. The van der Waals surface area contributed by atoms with Gasteiger partial charge in [0.2, 0.25) is 0 Å². The molecule has 2 heterocycles. The fraction of sp³-hybridized carbons (Fsp3) is 0.514. The van der Waals surface area contributed by atoms with Crippen LogP contribution >= 0.6 is 11.3 Å². The number of unbranched alkanes of at least 4 members (excludes halogenated alkanes) is 8. The number of ether oxygens (including phenoxy) is 2. The van der Waals surface area contributed by atoms with Crippen molar-refractivity contribution >= 4 is 17.0 Å². The number of halogens is 2. The fourth-order valence-electron chi connectivity index (χ4n) is 5.83. The van der Waals surface area contributed by atoms with Gasteiger partial charge in [0.05, 0.1) is 13.7 Å². The van der Waals surface area contributed by atoms with Crippen LogP contribution in [0.15, 0.2) is 41.1 Å². The predicted octanol–water partition coefficient (Wildman–Crippen LogP) is 9.97. The van der Waals surface area contributed by atoms with Crippen molar-refractivity contribution < 1.29 is 22.8 Å². The van der Waals surface area contributed by atoms with Crippen molar-refractivity contribution in [3.8, 4) is 22.6 Å². The van der Waals surface area contributed by atoms with E-state index in [-0.39, 0.29) is 0 Å². The third kappa shape index (κ3) is 8.18. The molecule has 0 atom stereocenters. The van der Waals surface area contributed by atoms with E-state index in [9.17, 15) is 8.78 Å². The number of hydrogen-bond acceptors (Lipinski definition) is 3. The number of hydrogen-bond donors (Lipinski definition) is 0. The highest BCUT2D eigenvalue weighted by atomic mass is 32.1. The van der Waals surface area contributed by atoms with Crippen LogP contribution in [-0.4, -0.2) is 30.5 Å². The van der Waals surface area contributed by atoms with Crippen molar-refractivity contribution in [3.05, 3.63) is 69.4 Å². The molecule has 41 heavy (non-hydrogen) atoms. The van der Waals surface area contributed by atoms with Crippen LogP contribution in [0.4, 0.5) is 8.78 Å². The molecule has 0 unspecified atom stereocenters. The van der Waals surface area contributed by atoms with E-state index in [4.69, 9.17) is 9.47 Å². The van der Waals surface area contributed by atoms with Gasteiger partial charge in [0, 0.05) is 35.1 Å². The van der Waals surface area contributed by atoms with Crippen LogP contribution in [-0.2, 0) is 13.0 Å². The summed E-state index contributed by atoms with van der Waals surface area (Å²) in [5, 5.41) is 4.25. The SMILES string of the molecule is CCCCCCCCOc1c2c(cc(-c3ccsc3)c1OC)C(CCCCCC)=[N+](Cc1ccc(F)c(F)c1)CC2. The van der Waals surface area contributed by atoms with Crippen LogP contribution in [0.25, 0.3) is 11.1 Å². The summed E-state index contributed by atoms with van der Waals surface area (Å²) in [4.78, 5) is 0. The van der Waals surface area contributed by atoms with E-state index in [0.717, 1.165) is 60.4 Å². The molecule has 4 rings (SSSR count). The summed E-state index contributed by atoms with van der Waals surface area (Å²) in [7, 11) is 1.74. The summed E-state index contributed by atoms with van der Waals surface area (Å²) in [5.41, 5.74) is 6.63. The molecule has 0 aliphatic carbocycles. The predicted molar refractivity (Wildman–Crippen MR) is 167 cm³/mol. The molecule has 222 valence electrons. The number of fused-ring (bicyclic) bond motifs is 1. The van der Waals surface area contributed by atoms with Gasteiger partial charge in [0.1, 0.15) is 6.54 Å². The van der Waals surface area contributed by atoms with Crippen molar-refractivity contribution in [1.82, 2.24) is 0 Å². The van der Waals surface area contributed by atoms with Gasteiger partial charge in [-0.25, -0.2) is 13.4 Å². The van der Waals surface area contributed by atoms with E-state index in [1.807, 2.05) is 0 Å². The zero-order chi connectivity index (χ0) is 29.0. The topological polar surface area (TPSA) is 21.5 Å². The quantitative estimate of drug-likeness (QED) is 0.117. The lowest BCUT2D eigenvalue weighted by atomic mass is 9.88. The van der Waals surface area contributed by atoms with Crippen molar-refractivity contribution in [3.63, 3.8) is 0 Å². The highest BCUT2D eigenvalue weighted by Gasteiger charge is 2.32. The Morgan fingerprint density at radius 1 is 0.829 bits per heavy atom. The first kappa shape index (κ1) is 31.2. The first-order valence-corrected chi connectivity index (χ1v) is 16.5. The first-order chi connectivity index (χ1) is 20.1. The average molecular weight is 583 g/mol. The van der Waals surface area contributed by atoms with Gasteiger partial charge in [-0.15, -0.1) is 0 Å². The van der Waals surface area contributed by atoms with Gasteiger partial charge < -0.3 is 9.47 Å². The van der Waals surface area contributed by atoms with Gasteiger partial charge in [0.25, 0.3) is 0 Å². The van der Waals surface area contributed by atoms with Gasteiger partial charge in [0.15, 0.2) is 35.4 Å². The van der Waals surface area contributed by atoms with Crippen LogP contribution < -0.4 is 9.47 Å². The minimum atomic E-state index is -0.804. The molecular weight excluding hydrogens is 536 g/mol. The summed E-state index contributed by atoms with van der Waals surface area (Å²) in [6.07, 6.45) is 13.7. The Labute approximate surface area is 249 Å². The number of benzene rings is 2. The molecular formula is C35H46F2NO2S+. The van der Waals surface area contributed by atoms with Crippen LogP contribution in [0.2, 0.25) is 0 Å². The van der Waals surface area contributed by atoms with Crippen molar-refractivity contribution in [1.29, 1.82) is 0 Å². The zero-order valence-corrected chi connectivity index (χ0v) is 25.9. The standard InChI is InChI=1S/C35H46F2NO2S/c1-4-6-8-10-11-13-20-40-35-28-17-19-38(24-26-15-16-31(36)32(37)22-26)33(14-12-9-7-5-2)30(28)23-29(34(35)39-3)27-18-21-41-25-27/h15-16,18,21-23,25H,4-14,17,19-20,24H2,1-3H3/q+1. The molecule has 0 N–H and O–H groups in total. The van der Waals surface area contributed by atoms with E-state index >= 15 is 0 Å². The van der Waals surface area contributed by atoms with E-state index < -0.39 is 11.6 Å². The lowest BCUT2D eigenvalue weighted by molar-refractivity contribution is -0.545. The van der Waals surface area contributed by atoms with E-state index in [1.54, 1.807) is 24.5 Å². The Morgan fingerprint density at radius 3 is 2.29 bits per heavy atom.